The molecule has 18 aromatic rings. The van der Waals surface area contributed by atoms with Gasteiger partial charge in [-0.1, -0.05) is 246 Å². The smallest absolute Gasteiger partial charge is 0.168 e. The normalized spacial score (nSPS) is 11.1. The van der Waals surface area contributed by atoms with Gasteiger partial charge in [-0.3, -0.25) is 9.13 Å². The van der Waals surface area contributed by atoms with Crippen LogP contribution in [0.4, 0.5) is 28.4 Å². The molecule has 472 valence electrons. The largest absolute Gasteiger partial charge is 0.356 e. The molecule has 0 aliphatic rings. The van der Waals surface area contributed by atoms with E-state index >= 15 is 0 Å². The molecule has 0 aliphatic carbocycles. The standard InChI is InChI=1S/C44H31N5.C24H18N2.C20H14BrN3/c1-4-14-32(15-5-1)43-45-46-44(33-16-6-2-7-17-33)49(43)38-30-26-36(27-31-38)47(34-18-8-3-9-19-34)35-24-28-37(29-25-35)48-41-22-12-10-20-39(41)40-21-11-13-23-42(40)48;1-2-8-18(9-3-1)25-19-14-16-20(17-15-19)26-23-12-6-4-10-21(23)22-11-5-7-13-24(22)26;21-17-11-13-18(14-12-17)24-19(15-7-3-1-4-8-15)22-23-20(24)16-9-5-2-6-10-16/h1-31H;1-17,25H;1-14H. The molecule has 1 N–H and O–H groups in total. The monoisotopic (exact) mass is 1340 g/mol. The lowest BCUT2D eigenvalue weighted by atomic mass is 10.1. The third-order valence-corrected chi connectivity index (χ3v) is 18.2. The second-order valence-electron chi connectivity index (χ2n) is 23.8. The number of nitrogens with zero attached hydrogens (tertiary/aromatic N) is 9. The van der Waals surface area contributed by atoms with Crippen molar-refractivity contribution >= 4 is 88.0 Å². The Morgan fingerprint density at radius 1 is 0.222 bits per heavy atom. The zero-order valence-corrected chi connectivity index (χ0v) is 55.3. The zero-order valence-electron chi connectivity index (χ0n) is 53.7. The minimum absolute atomic E-state index is 0.799. The van der Waals surface area contributed by atoms with E-state index in [1.807, 2.05) is 127 Å². The lowest BCUT2D eigenvalue weighted by Gasteiger charge is -2.26. The van der Waals surface area contributed by atoms with Gasteiger partial charge in [0, 0.05) is 99.5 Å². The highest BCUT2D eigenvalue weighted by atomic mass is 79.9. The van der Waals surface area contributed by atoms with Crippen LogP contribution in [0, 0.1) is 0 Å². The van der Waals surface area contributed by atoms with Crippen LogP contribution in [0.5, 0.6) is 0 Å². The van der Waals surface area contributed by atoms with Crippen molar-refractivity contribution in [1.82, 2.24) is 38.7 Å². The van der Waals surface area contributed by atoms with Gasteiger partial charge in [0.1, 0.15) is 0 Å². The lowest BCUT2D eigenvalue weighted by Crippen LogP contribution is -2.10. The highest BCUT2D eigenvalue weighted by Crippen LogP contribution is 2.40. The molecular formula is C88H63BrN10. The molecule has 0 saturated heterocycles. The van der Waals surface area contributed by atoms with Gasteiger partial charge < -0.3 is 19.4 Å². The quantitative estimate of drug-likeness (QED) is 0.124. The Labute approximate surface area is 582 Å². The zero-order chi connectivity index (χ0) is 66.3. The van der Waals surface area contributed by atoms with E-state index in [1.54, 1.807) is 0 Å². The molecule has 10 nitrogen and oxygen atoms in total. The molecule has 0 radical (unpaired) electrons. The molecule has 0 fully saturated rings. The van der Waals surface area contributed by atoms with Crippen LogP contribution >= 0.6 is 15.9 Å². The molecule has 0 atom stereocenters. The Hall–Kier alpha value is -13.0. The molecule has 0 bridgehead atoms. The van der Waals surface area contributed by atoms with Gasteiger partial charge in [0.15, 0.2) is 23.3 Å². The number of halogens is 1. The third kappa shape index (κ3) is 12.4. The van der Waals surface area contributed by atoms with E-state index in [-0.39, 0.29) is 0 Å². The van der Waals surface area contributed by atoms with Crippen LogP contribution in [0.2, 0.25) is 0 Å². The fourth-order valence-corrected chi connectivity index (χ4v) is 13.3. The number of aromatic nitrogens is 8. The second kappa shape index (κ2) is 27.8. The van der Waals surface area contributed by atoms with Crippen molar-refractivity contribution in [3.8, 4) is 68.3 Å². The summed E-state index contributed by atoms with van der Waals surface area (Å²) in [6.07, 6.45) is 0. The number of benzene rings is 14. The van der Waals surface area contributed by atoms with Crippen molar-refractivity contribution in [2.75, 3.05) is 10.2 Å². The van der Waals surface area contributed by atoms with Crippen molar-refractivity contribution in [3.05, 3.63) is 381 Å². The summed E-state index contributed by atoms with van der Waals surface area (Å²) in [7, 11) is 0. The Balaban J connectivity index is 0.000000128. The maximum atomic E-state index is 4.66. The van der Waals surface area contributed by atoms with Crippen LogP contribution in [-0.4, -0.2) is 38.7 Å². The van der Waals surface area contributed by atoms with Crippen molar-refractivity contribution in [1.29, 1.82) is 0 Å². The Morgan fingerprint density at radius 3 is 0.798 bits per heavy atom. The van der Waals surface area contributed by atoms with Crippen molar-refractivity contribution in [2.45, 2.75) is 0 Å². The van der Waals surface area contributed by atoms with E-state index in [4.69, 9.17) is 0 Å². The summed E-state index contributed by atoms with van der Waals surface area (Å²) >= 11 is 3.50. The highest BCUT2D eigenvalue weighted by molar-refractivity contribution is 9.10. The molecule has 0 saturated carbocycles. The van der Waals surface area contributed by atoms with Crippen LogP contribution in [0.3, 0.4) is 0 Å². The van der Waals surface area contributed by atoms with Gasteiger partial charge in [0.25, 0.3) is 0 Å². The average Bonchev–Trinajstić information content (AvgIpc) is 1.73. The first-order valence-electron chi connectivity index (χ1n) is 32.9. The maximum absolute atomic E-state index is 4.66. The van der Waals surface area contributed by atoms with Crippen LogP contribution in [-0.2, 0) is 0 Å². The molecule has 0 spiro atoms. The van der Waals surface area contributed by atoms with Gasteiger partial charge in [-0.2, -0.15) is 0 Å². The minimum atomic E-state index is 0.799. The number of fused-ring (bicyclic) bond motifs is 6. The number of hydrogen-bond acceptors (Lipinski definition) is 6. The van der Waals surface area contributed by atoms with E-state index in [2.05, 4.69) is 314 Å². The molecule has 14 aromatic carbocycles. The Morgan fingerprint density at radius 2 is 0.465 bits per heavy atom. The summed E-state index contributed by atoms with van der Waals surface area (Å²) < 4.78 is 9.96. The molecule has 0 aliphatic heterocycles. The van der Waals surface area contributed by atoms with Gasteiger partial charge in [-0.05, 0) is 146 Å². The average molecular weight is 1340 g/mol. The molecule has 18 rings (SSSR count). The fraction of sp³-hybridized carbons (Fsp3) is 0. The maximum Gasteiger partial charge on any atom is 0.168 e. The lowest BCUT2D eigenvalue weighted by molar-refractivity contribution is 1.07. The highest BCUT2D eigenvalue weighted by Gasteiger charge is 2.21. The first-order valence-corrected chi connectivity index (χ1v) is 33.7. The van der Waals surface area contributed by atoms with Gasteiger partial charge in [-0.15, -0.1) is 20.4 Å². The van der Waals surface area contributed by atoms with Crippen molar-refractivity contribution < 1.29 is 0 Å². The third-order valence-electron chi connectivity index (χ3n) is 17.6. The fourth-order valence-electron chi connectivity index (χ4n) is 13.1. The van der Waals surface area contributed by atoms with Crippen molar-refractivity contribution in [3.63, 3.8) is 0 Å². The van der Waals surface area contributed by atoms with Crippen LogP contribution in [0.15, 0.2) is 381 Å². The van der Waals surface area contributed by atoms with E-state index in [0.29, 0.717) is 0 Å². The van der Waals surface area contributed by atoms with Crippen LogP contribution in [0.1, 0.15) is 0 Å². The van der Waals surface area contributed by atoms with Gasteiger partial charge >= 0.3 is 0 Å². The SMILES string of the molecule is Brc1ccc(-n2c(-c3ccccc3)nnc2-c2ccccc2)cc1.c1ccc(-c2nnc(-c3ccccc3)n2-c2ccc(N(c3ccccc3)c3ccc(-n4c5ccccc5c5ccccc54)cc3)cc2)cc1.c1ccc(Nc2ccc(-n3c4ccccc4c4ccccc43)cc2)cc1. The van der Waals surface area contributed by atoms with E-state index < -0.39 is 0 Å². The molecule has 4 heterocycles. The van der Waals surface area contributed by atoms with Crippen LogP contribution in [0.25, 0.3) is 112 Å². The summed E-state index contributed by atoms with van der Waals surface area (Å²) in [5.74, 6) is 3.26. The number of hydrogen-bond donors (Lipinski definition) is 1. The first kappa shape index (κ1) is 60.9. The summed E-state index contributed by atoms with van der Waals surface area (Å²) in [4.78, 5) is 2.29. The van der Waals surface area contributed by atoms with Gasteiger partial charge in [0.05, 0.1) is 22.1 Å². The second-order valence-corrected chi connectivity index (χ2v) is 24.7. The van der Waals surface area contributed by atoms with E-state index in [1.165, 1.54) is 49.3 Å². The summed E-state index contributed by atoms with van der Waals surface area (Å²) in [5.41, 5.74) is 18.7. The summed E-state index contributed by atoms with van der Waals surface area (Å²) in [6, 6.07) is 130. The summed E-state index contributed by atoms with van der Waals surface area (Å²) in [5, 5.41) is 26.8. The van der Waals surface area contributed by atoms with Gasteiger partial charge in [-0.25, -0.2) is 0 Å². The van der Waals surface area contributed by atoms with Crippen LogP contribution < -0.4 is 10.2 Å². The summed E-state index contributed by atoms with van der Waals surface area (Å²) in [6.45, 7) is 0. The molecule has 4 aromatic heterocycles. The number of nitrogens with one attached hydrogen (secondary N) is 1. The first-order chi connectivity index (χ1) is 49.1. The topological polar surface area (TPSA) is 86.6 Å². The molecule has 0 unspecified atom stereocenters. The van der Waals surface area contributed by atoms with E-state index in [9.17, 15) is 0 Å². The number of para-hydroxylation sites is 6. The van der Waals surface area contributed by atoms with E-state index in [0.717, 1.165) is 95.5 Å². The Kier molecular flexibility index (Phi) is 17.1. The minimum Gasteiger partial charge on any atom is -0.356 e. The predicted molar refractivity (Wildman–Crippen MR) is 412 cm³/mol. The molecule has 99 heavy (non-hydrogen) atoms. The molecule has 11 heteroatoms. The molecular weight excluding hydrogens is 1280 g/mol. The Bertz CT molecular complexity index is 5500. The van der Waals surface area contributed by atoms with Crippen molar-refractivity contribution in [2.24, 2.45) is 0 Å². The van der Waals surface area contributed by atoms with Gasteiger partial charge in [0.2, 0.25) is 0 Å². The number of rotatable bonds is 13. The molecule has 0 amide bonds. The predicted octanol–water partition coefficient (Wildman–Crippen LogP) is 23.1. The number of anilines is 5.